The van der Waals surface area contributed by atoms with Crippen LogP contribution in [0.3, 0.4) is 0 Å². The van der Waals surface area contributed by atoms with E-state index in [-0.39, 0.29) is 23.7 Å². The molecule has 0 radical (unpaired) electrons. The van der Waals surface area contributed by atoms with Crippen LogP contribution in [0.25, 0.3) is 0 Å². The van der Waals surface area contributed by atoms with Crippen LogP contribution in [0.5, 0.6) is 0 Å². The van der Waals surface area contributed by atoms with Crippen molar-refractivity contribution < 1.29 is 28.7 Å². The highest BCUT2D eigenvalue weighted by molar-refractivity contribution is 5.94. The molecular weight excluding hydrogens is 412 g/mol. The van der Waals surface area contributed by atoms with Crippen molar-refractivity contribution in [1.82, 2.24) is 9.80 Å². The van der Waals surface area contributed by atoms with Crippen LogP contribution in [-0.4, -0.2) is 74.0 Å². The van der Waals surface area contributed by atoms with Crippen molar-refractivity contribution in [3.8, 4) is 0 Å². The van der Waals surface area contributed by atoms with Gasteiger partial charge in [0, 0.05) is 52.2 Å². The molecule has 0 aromatic heterocycles. The summed E-state index contributed by atoms with van der Waals surface area (Å²) in [5.41, 5.74) is 0. The number of amides is 2. The van der Waals surface area contributed by atoms with Crippen molar-refractivity contribution in [3.63, 3.8) is 0 Å². The molecule has 2 aliphatic rings. The minimum absolute atomic E-state index is 0.0173. The number of rotatable bonds is 8. The van der Waals surface area contributed by atoms with E-state index in [0.29, 0.717) is 0 Å². The highest BCUT2D eigenvalue weighted by atomic mass is 16.6. The third-order valence-electron chi connectivity index (χ3n) is 6.37. The summed E-state index contributed by atoms with van der Waals surface area (Å²) < 4.78 is 10.9. The van der Waals surface area contributed by atoms with Gasteiger partial charge in [0.25, 0.3) is 11.8 Å². The lowest BCUT2D eigenvalue weighted by Gasteiger charge is -2.30. The van der Waals surface area contributed by atoms with Gasteiger partial charge in [0.15, 0.2) is 12.2 Å². The van der Waals surface area contributed by atoms with Crippen molar-refractivity contribution in [1.29, 1.82) is 0 Å². The fourth-order valence-electron chi connectivity index (χ4n) is 4.54. The lowest BCUT2D eigenvalue weighted by Crippen LogP contribution is -2.42. The first-order valence-electron chi connectivity index (χ1n) is 11.7. The van der Waals surface area contributed by atoms with E-state index in [4.69, 9.17) is 9.47 Å². The molecular formula is C24H38N2O6. The molecule has 0 aromatic carbocycles. The SMILES string of the molecule is CN(C)C(=O)[C@@H](OC(=O)/C=C/C(=O)O[C@H](C(=O)N(C)C)C1CCCCC1)C1CCCCC1. The maximum absolute atomic E-state index is 12.6. The van der Waals surface area contributed by atoms with Crippen LogP contribution < -0.4 is 0 Å². The zero-order chi connectivity index (χ0) is 23.7. The fourth-order valence-corrected chi connectivity index (χ4v) is 4.54. The van der Waals surface area contributed by atoms with E-state index in [1.807, 2.05) is 0 Å². The largest absolute Gasteiger partial charge is 0.449 e. The minimum Gasteiger partial charge on any atom is -0.449 e. The molecule has 2 saturated carbocycles. The van der Waals surface area contributed by atoms with E-state index in [2.05, 4.69) is 0 Å². The summed E-state index contributed by atoms with van der Waals surface area (Å²) in [5, 5.41) is 0. The third-order valence-corrected chi connectivity index (χ3v) is 6.37. The second kappa shape index (κ2) is 12.6. The van der Waals surface area contributed by atoms with Gasteiger partial charge in [0.1, 0.15) is 0 Å². The van der Waals surface area contributed by atoms with E-state index in [1.54, 1.807) is 28.2 Å². The van der Waals surface area contributed by atoms with Gasteiger partial charge in [-0.05, 0) is 25.7 Å². The van der Waals surface area contributed by atoms with E-state index in [9.17, 15) is 19.2 Å². The molecule has 32 heavy (non-hydrogen) atoms. The molecule has 2 atom stereocenters. The lowest BCUT2D eigenvalue weighted by atomic mass is 9.84. The average molecular weight is 451 g/mol. The van der Waals surface area contributed by atoms with Crippen molar-refractivity contribution >= 4 is 23.8 Å². The molecule has 0 aliphatic heterocycles. The molecule has 0 spiro atoms. The van der Waals surface area contributed by atoms with Crippen LogP contribution >= 0.6 is 0 Å². The predicted molar refractivity (Wildman–Crippen MR) is 119 cm³/mol. The molecule has 0 aromatic rings. The molecule has 2 rings (SSSR count). The monoisotopic (exact) mass is 450 g/mol. The molecule has 0 saturated heterocycles. The molecule has 0 heterocycles. The second-order valence-corrected chi connectivity index (χ2v) is 9.31. The highest BCUT2D eigenvalue weighted by Crippen LogP contribution is 2.30. The highest BCUT2D eigenvalue weighted by Gasteiger charge is 2.35. The Balaban J connectivity index is 2.00. The Morgan fingerprint density at radius 1 is 0.625 bits per heavy atom. The molecule has 2 aliphatic carbocycles. The Kier molecular flexibility index (Phi) is 10.2. The second-order valence-electron chi connectivity index (χ2n) is 9.31. The van der Waals surface area contributed by atoms with Crippen LogP contribution in [0.1, 0.15) is 64.2 Å². The normalized spacial score (nSPS) is 19.8. The maximum Gasteiger partial charge on any atom is 0.331 e. The predicted octanol–water partition coefficient (Wildman–Crippen LogP) is 2.70. The molecule has 0 N–H and O–H groups in total. The Hall–Kier alpha value is -2.38. The quantitative estimate of drug-likeness (QED) is 0.417. The van der Waals surface area contributed by atoms with Crippen LogP contribution in [0.4, 0.5) is 0 Å². The van der Waals surface area contributed by atoms with Crippen LogP contribution in [0.15, 0.2) is 12.2 Å². The molecule has 180 valence electrons. The van der Waals surface area contributed by atoms with Gasteiger partial charge in [-0.1, -0.05) is 38.5 Å². The number of ether oxygens (including phenoxy) is 2. The van der Waals surface area contributed by atoms with Gasteiger partial charge in [-0.15, -0.1) is 0 Å². The number of nitrogens with zero attached hydrogens (tertiary/aromatic N) is 2. The van der Waals surface area contributed by atoms with Crippen molar-refractivity contribution in [2.45, 2.75) is 76.4 Å². The van der Waals surface area contributed by atoms with Crippen LogP contribution in [-0.2, 0) is 28.7 Å². The number of carbonyl (C=O) groups excluding carboxylic acids is 4. The summed E-state index contributed by atoms with van der Waals surface area (Å²) >= 11 is 0. The summed E-state index contributed by atoms with van der Waals surface area (Å²) in [7, 11) is 6.53. The zero-order valence-electron chi connectivity index (χ0n) is 19.9. The smallest absolute Gasteiger partial charge is 0.331 e. The Bertz CT molecular complexity index is 633. The number of esters is 2. The van der Waals surface area contributed by atoms with Gasteiger partial charge >= 0.3 is 11.9 Å². The molecule has 2 fully saturated rings. The van der Waals surface area contributed by atoms with Gasteiger partial charge in [-0.3, -0.25) is 9.59 Å². The van der Waals surface area contributed by atoms with E-state index >= 15 is 0 Å². The third kappa shape index (κ3) is 7.64. The van der Waals surface area contributed by atoms with Crippen molar-refractivity contribution in [3.05, 3.63) is 12.2 Å². The zero-order valence-corrected chi connectivity index (χ0v) is 19.9. The van der Waals surface area contributed by atoms with Crippen molar-refractivity contribution in [2.24, 2.45) is 11.8 Å². The van der Waals surface area contributed by atoms with Gasteiger partial charge in [-0.2, -0.15) is 0 Å². The molecule has 8 nitrogen and oxygen atoms in total. The summed E-state index contributed by atoms with van der Waals surface area (Å²) in [6.45, 7) is 0. The van der Waals surface area contributed by atoms with Crippen LogP contribution in [0, 0.1) is 11.8 Å². The average Bonchev–Trinajstić information content (AvgIpc) is 2.79. The van der Waals surface area contributed by atoms with Crippen molar-refractivity contribution in [2.75, 3.05) is 28.2 Å². The van der Waals surface area contributed by atoms with Gasteiger partial charge < -0.3 is 19.3 Å². The summed E-state index contributed by atoms with van der Waals surface area (Å²) in [4.78, 5) is 52.8. The number of hydrogen-bond acceptors (Lipinski definition) is 6. The maximum atomic E-state index is 12.6. The summed E-state index contributed by atoms with van der Waals surface area (Å²) in [6, 6.07) is 0. The first-order valence-corrected chi connectivity index (χ1v) is 11.7. The Morgan fingerprint density at radius 3 is 1.22 bits per heavy atom. The van der Waals surface area contributed by atoms with E-state index < -0.39 is 24.1 Å². The number of likely N-dealkylation sites (N-methyl/N-ethyl adjacent to an activating group) is 2. The fraction of sp³-hybridized carbons (Fsp3) is 0.750. The Morgan fingerprint density at radius 2 is 0.938 bits per heavy atom. The molecule has 0 bridgehead atoms. The number of carbonyl (C=O) groups is 4. The van der Waals surface area contributed by atoms with Gasteiger partial charge in [-0.25, -0.2) is 9.59 Å². The topological polar surface area (TPSA) is 93.2 Å². The minimum atomic E-state index is -0.858. The lowest BCUT2D eigenvalue weighted by molar-refractivity contribution is -0.161. The molecule has 0 unspecified atom stereocenters. The number of hydrogen-bond donors (Lipinski definition) is 0. The molecule has 2 amide bonds. The van der Waals surface area contributed by atoms with Gasteiger partial charge in [0.05, 0.1) is 0 Å². The van der Waals surface area contributed by atoms with Gasteiger partial charge in [0.2, 0.25) is 0 Å². The van der Waals surface area contributed by atoms with E-state index in [1.165, 1.54) is 9.80 Å². The summed E-state index contributed by atoms with van der Waals surface area (Å²) in [5.74, 6) is -2.07. The van der Waals surface area contributed by atoms with E-state index in [0.717, 1.165) is 76.4 Å². The first-order chi connectivity index (χ1) is 15.2. The standard InChI is InChI=1S/C24H38N2O6/c1-25(2)23(29)21(17-11-7-5-8-12-17)31-19(27)15-16-20(28)32-22(24(30)26(3)4)18-13-9-6-10-14-18/h15-18,21-22H,5-14H2,1-4H3/b16-15+/t21-,22-/m0/s1. The summed E-state index contributed by atoms with van der Waals surface area (Å²) in [6.07, 6.45) is 9.84. The first kappa shape index (κ1) is 25.9. The molecule has 8 heteroatoms. The Labute approximate surface area is 191 Å². The van der Waals surface area contributed by atoms with Crippen LogP contribution in [0.2, 0.25) is 0 Å².